The summed E-state index contributed by atoms with van der Waals surface area (Å²) in [5.74, 6) is 0.132. The maximum atomic E-state index is 15.5. The van der Waals surface area contributed by atoms with E-state index < -0.39 is 12.5 Å². The Labute approximate surface area is 220 Å². The normalized spacial score (nSPS) is 18.8. The molecule has 5 rings (SSSR count). The molecule has 9 nitrogen and oxygen atoms in total. The molecule has 202 valence electrons. The molecule has 0 unspecified atom stereocenters. The van der Waals surface area contributed by atoms with E-state index in [1.54, 1.807) is 13.0 Å². The van der Waals surface area contributed by atoms with Crippen LogP contribution in [0.2, 0.25) is 0 Å². The van der Waals surface area contributed by atoms with Crippen molar-refractivity contribution in [2.75, 3.05) is 50.2 Å². The van der Waals surface area contributed by atoms with Crippen LogP contribution in [0.4, 0.5) is 26.1 Å². The minimum absolute atomic E-state index is 0.00626. The Balaban J connectivity index is 1.52. The minimum atomic E-state index is -0.491. The number of benzene rings is 1. The number of carbonyl (C=O) groups is 1. The van der Waals surface area contributed by atoms with Crippen LogP contribution in [-0.4, -0.2) is 77.6 Å². The number of piperidine rings is 1. The summed E-state index contributed by atoms with van der Waals surface area (Å²) in [5, 5.41) is 7.95. The van der Waals surface area contributed by atoms with Gasteiger partial charge in [0.2, 0.25) is 17.7 Å². The predicted octanol–water partition coefficient (Wildman–Crippen LogP) is 4.48. The first kappa shape index (κ1) is 25.9. The van der Waals surface area contributed by atoms with Crippen molar-refractivity contribution in [2.24, 2.45) is 10.4 Å². The summed E-state index contributed by atoms with van der Waals surface area (Å²) in [5.41, 5.74) is 2.56. The Kier molecular flexibility index (Phi) is 6.93. The van der Waals surface area contributed by atoms with Crippen LogP contribution in [0.3, 0.4) is 0 Å². The summed E-state index contributed by atoms with van der Waals surface area (Å²) >= 11 is 0. The lowest BCUT2D eigenvalue weighted by molar-refractivity contribution is -0.132. The van der Waals surface area contributed by atoms with Crippen molar-refractivity contribution in [3.8, 4) is 17.0 Å². The second kappa shape index (κ2) is 10.2. The van der Waals surface area contributed by atoms with E-state index >= 15 is 4.39 Å². The first-order valence-electron chi connectivity index (χ1n) is 12.8. The number of nitrogens with zero attached hydrogens (tertiary/aromatic N) is 6. The van der Waals surface area contributed by atoms with Gasteiger partial charge in [-0.3, -0.25) is 9.79 Å². The number of fused-ring (bicyclic) bond motifs is 2. The molecule has 4 heterocycles. The minimum Gasteiger partial charge on any atom is -0.479 e. The van der Waals surface area contributed by atoms with Crippen LogP contribution in [0.1, 0.15) is 33.6 Å². The van der Waals surface area contributed by atoms with Crippen LogP contribution >= 0.6 is 0 Å². The molecule has 1 saturated heterocycles. The third-order valence-corrected chi connectivity index (χ3v) is 7.44. The quantitative estimate of drug-likeness (QED) is 0.511. The molecule has 0 radical (unpaired) electrons. The van der Waals surface area contributed by atoms with E-state index in [1.807, 2.05) is 28.1 Å². The van der Waals surface area contributed by atoms with Crippen molar-refractivity contribution >= 4 is 35.0 Å². The maximum Gasteiger partial charge on any atom is 0.244 e. The lowest BCUT2D eigenvalue weighted by Crippen LogP contribution is -2.53. The van der Waals surface area contributed by atoms with E-state index in [1.165, 1.54) is 17.8 Å². The lowest BCUT2D eigenvalue weighted by atomic mass is 9.79. The first-order valence-corrected chi connectivity index (χ1v) is 12.8. The van der Waals surface area contributed by atoms with Crippen LogP contribution in [0, 0.1) is 11.2 Å². The molecule has 2 aliphatic heterocycles. The van der Waals surface area contributed by atoms with Gasteiger partial charge in [0, 0.05) is 57.2 Å². The zero-order valence-electron chi connectivity index (χ0n) is 22.2. The summed E-state index contributed by atoms with van der Waals surface area (Å²) in [6.45, 7) is 7.40. The number of hydrogen-bond acceptors (Lipinski definition) is 7. The standard InChI is InChI=1S/C27H33F2N7O2/c1-17(37)35-12-8-22(27(2,3)16-35)31-26-32-25(38-4)24-23(19(29)15-36(24)33-26)18-6-7-20-21(14-18)34(13-9-28)11-5-10-30-20/h6-7,10,14-15,22H,5,8-9,11-13,16H2,1-4H3,(H,31,33)/t22-/m0/s1. The van der Waals surface area contributed by atoms with Crippen LogP contribution in [-0.2, 0) is 4.79 Å². The second-order valence-electron chi connectivity index (χ2n) is 10.5. The molecule has 11 heteroatoms. The number of aliphatic imine (C=N–C) groups is 1. The number of rotatable bonds is 6. The summed E-state index contributed by atoms with van der Waals surface area (Å²) in [7, 11) is 1.49. The van der Waals surface area contributed by atoms with Crippen LogP contribution in [0.5, 0.6) is 5.88 Å². The topological polar surface area (TPSA) is 87.4 Å². The molecule has 2 aromatic heterocycles. The number of aromatic nitrogens is 3. The molecule has 0 bridgehead atoms. The van der Waals surface area contributed by atoms with Crippen molar-refractivity contribution in [3.05, 3.63) is 30.2 Å². The summed E-state index contributed by atoms with van der Waals surface area (Å²) in [4.78, 5) is 24.7. The molecule has 38 heavy (non-hydrogen) atoms. The fourth-order valence-corrected chi connectivity index (χ4v) is 5.42. The predicted molar refractivity (Wildman–Crippen MR) is 144 cm³/mol. The van der Waals surface area contributed by atoms with Crippen molar-refractivity contribution in [2.45, 2.75) is 39.7 Å². The fraction of sp³-hybridized carbons (Fsp3) is 0.481. The number of methoxy groups -OCH3 is 1. The van der Waals surface area contributed by atoms with Crippen LogP contribution in [0.25, 0.3) is 16.6 Å². The van der Waals surface area contributed by atoms with E-state index in [-0.39, 0.29) is 29.8 Å². The molecule has 1 fully saturated rings. The van der Waals surface area contributed by atoms with E-state index in [2.05, 4.69) is 34.2 Å². The van der Waals surface area contributed by atoms with Gasteiger partial charge in [-0.05, 0) is 24.1 Å². The van der Waals surface area contributed by atoms with Crippen molar-refractivity contribution in [3.63, 3.8) is 0 Å². The Hall–Kier alpha value is -3.76. The van der Waals surface area contributed by atoms with Crippen molar-refractivity contribution in [1.82, 2.24) is 19.5 Å². The molecule has 2 aliphatic rings. The number of carbonyl (C=O) groups excluding carboxylic acids is 1. The molecule has 1 aromatic carbocycles. The van der Waals surface area contributed by atoms with Gasteiger partial charge in [0.1, 0.15) is 12.2 Å². The molecule has 3 aromatic rings. The number of anilines is 2. The molecule has 1 amide bonds. The van der Waals surface area contributed by atoms with Gasteiger partial charge in [-0.25, -0.2) is 13.3 Å². The Morgan fingerprint density at radius 2 is 2.11 bits per heavy atom. The molecular weight excluding hydrogens is 492 g/mol. The zero-order valence-corrected chi connectivity index (χ0v) is 22.2. The van der Waals surface area contributed by atoms with E-state index in [0.29, 0.717) is 48.6 Å². The Morgan fingerprint density at radius 3 is 2.82 bits per heavy atom. The monoisotopic (exact) mass is 525 g/mol. The van der Waals surface area contributed by atoms with Gasteiger partial charge >= 0.3 is 0 Å². The molecule has 0 spiro atoms. The van der Waals surface area contributed by atoms with Gasteiger partial charge in [-0.1, -0.05) is 19.9 Å². The van der Waals surface area contributed by atoms with E-state index in [0.717, 1.165) is 17.8 Å². The van der Waals surface area contributed by atoms with Crippen molar-refractivity contribution < 1.29 is 18.3 Å². The zero-order chi connectivity index (χ0) is 27.0. The van der Waals surface area contributed by atoms with Crippen LogP contribution < -0.4 is 15.0 Å². The number of amides is 1. The highest BCUT2D eigenvalue weighted by Gasteiger charge is 2.37. The third kappa shape index (κ3) is 4.77. The summed E-state index contributed by atoms with van der Waals surface area (Å²) in [6, 6.07) is 5.46. The maximum absolute atomic E-state index is 15.5. The third-order valence-electron chi connectivity index (χ3n) is 7.44. The second-order valence-corrected chi connectivity index (χ2v) is 10.5. The van der Waals surface area contributed by atoms with Gasteiger partial charge in [0.15, 0.2) is 5.82 Å². The number of ether oxygens (including phenoxy) is 1. The fourth-order valence-electron chi connectivity index (χ4n) is 5.42. The molecule has 1 N–H and O–H groups in total. The molecule has 0 aliphatic carbocycles. The largest absolute Gasteiger partial charge is 0.479 e. The van der Waals surface area contributed by atoms with Crippen LogP contribution in [0.15, 0.2) is 29.4 Å². The van der Waals surface area contributed by atoms with E-state index in [9.17, 15) is 9.18 Å². The first-order chi connectivity index (χ1) is 18.2. The molecule has 0 saturated carbocycles. The highest BCUT2D eigenvalue weighted by molar-refractivity contribution is 5.89. The number of likely N-dealkylation sites (tertiary alicyclic amines) is 1. The average Bonchev–Trinajstić information content (AvgIpc) is 3.08. The Bertz CT molecular complexity index is 1390. The highest BCUT2D eigenvalue weighted by atomic mass is 19.1. The number of nitrogens with one attached hydrogen (secondary N) is 1. The smallest absolute Gasteiger partial charge is 0.244 e. The highest BCUT2D eigenvalue weighted by Crippen LogP contribution is 2.40. The molecule has 1 atom stereocenters. The Morgan fingerprint density at radius 1 is 1.29 bits per heavy atom. The lowest BCUT2D eigenvalue weighted by Gasteiger charge is -2.44. The van der Waals surface area contributed by atoms with Gasteiger partial charge in [-0.2, -0.15) is 4.98 Å². The van der Waals surface area contributed by atoms with Gasteiger partial charge in [-0.15, -0.1) is 5.10 Å². The number of alkyl halides is 1. The number of hydrogen-bond donors (Lipinski definition) is 1. The average molecular weight is 526 g/mol. The summed E-state index contributed by atoms with van der Waals surface area (Å²) < 4.78 is 35.8. The van der Waals surface area contributed by atoms with E-state index in [4.69, 9.17) is 4.74 Å². The summed E-state index contributed by atoms with van der Waals surface area (Å²) in [6.07, 6.45) is 4.57. The van der Waals surface area contributed by atoms with Gasteiger partial charge < -0.3 is 19.9 Å². The van der Waals surface area contributed by atoms with Gasteiger partial charge in [0.05, 0.1) is 30.2 Å². The van der Waals surface area contributed by atoms with Crippen molar-refractivity contribution in [1.29, 1.82) is 0 Å². The number of halogens is 2. The SMILES string of the molecule is COc1nc(N[C@H]2CCN(C(C)=O)CC2(C)C)nn2cc(F)c(-c3ccc4c(c3)N(CCF)CCC=N4)c12. The van der Waals surface area contributed by atoms with Gasteiger partial charge in [0.25, 0.3) is 0 Å². The molecular formula is C27H33F2N7O2.